The first-order chi connectivity index (χ1) is 7.50. The smallest absolute Gasteiger partial charge is 0.251 e. The van der Waals surface area contributed by atoms with Gasteiger partial charge in [0, 0.05) is 17.3 Å². The fourth-order valence-electron chi connectivity index (χ4n) is 1.06. The summed E-state index contributed by atoms with van der Waals surface area (Å²) in [6.45, 7) is 1.77. The van der Waals surface area contributed by atoms with Crippen molar-refractivity contribution in [2.45, 2.75) is 12.5 Å². The second kappa shape index (κ2) is 5.41. The minimum absolute atomic E-state index is 0.119. The highest BCUT2D eigenvalue weighted by Gasteiger charge is 2.24. The Hall–Kier alpha value is -0.930. The van der Waals surface area contributed by atoms with Gasteiger partial charge in [0.05, 0.1) is 5.54 Å². The lowest BCUT2D eigenvalue weighted by atomic mass is 10.1. The van der Waals surface area contributed by atoms with Crippen molar-refractivity contribution >= 4 is 29.1 Å². The van der Waals surface area contributed by atoms with E-state index in [4.69, 9.17) is 28.3 Å². The van der Waals surface area contributed by atoms with E-state index in [0.717, 1.165) is 0 Å². The van der Waals surface area contributed by atoms with E-state index in [-0.39, 0.29) is 23.4 Å². The van der Waals surface area contributed by atoms with Gasteiger partial charge in [-0.3, -0.25) is 4.79 Å². The molecular weight excluding hydrogens is 249 g/mol. The van der Waals surface area contributed by atoms with Crippen molar-refractivity contribution in [2.75, 3.05) is 11.8 Å². The molecule has 0 saturated heterocycles. The first-order valence-electron chi connectivity index (χ1n) is 4.74. The molecule has 0 aliphatic rings. The molecule has 1 aromatic rings. The SMILES string of the molecule is CC(CCl)(CCl)NC(=O)c1ccc(O)cc1. The third-order valence-corrected chi connectivity index (χ3v) is 3.31. The molecule has 1 rings (SSSR count). The van der Waals surface area contributed by atoms with Gasteiger partial charge >= 0.3 is 0 Å². The number of phenols is 1. The van der Waals surface area contributed by atoms with E-state index < -0.39 is 5.54 Å². The Labute approximate surface area is 104 Å². The third-order valence-electron chi connectivity index (χ3n) is 2.13. The van der Waals surface area contributed by atoms with Crippen LogP contribution in [0, 0.1) is 0 Å². The number of rotatable bonds is 4. The zero-order valence-electron chi connectivity index (χ0n) is 8.84. The molecule has 0 radical (unpaired) electrons. The average molecular weight is 262 g/mol. The Morgan fingerprint density at radius 3 is 2.25 bits per heavy atom. The van der Waals surface area contributed by atoms with E-state index in [0.29, 0.717) is 5.56 Å². The molecule has 0 saturated carbocycles. The molecule has 1 aromatic carbocycles. The summed E-state index contributed by atoms with van der Waals surface area (Å²) in [4.78, 5) is 11.8. The number of aromatic hydroxyl groups is 1. The molecule has 0 aliphatic heterocycles. The number of amides is 1. The molecule has 0 spiro atoms. The summed E-state index contributed by atoms with van der Waals surface area (Å²) in [5.74, 6) is 0.332. The number of phenolic OH excluding ortho intramolecular Hbond substituents is 1. The van der Waals surface area contributed by atoms with E-state index in [1.54, 1.807) is 6.92 Å². The molecule has 0 bridgehead atoms. The van der Waals surface area contributed by atoms with Crippen molar-refractivity contribution < 1.29 is 9.90 Å². The lowest BCUT2D eigenvalue weighted by molar-refractivity contribution is 0.0921. The van der Waals surface area contributed by atoms with Gasteiger partial charge in [0.2, 0.25) is 0 Å². The molecule has 1 amide bonds. The fourth-order valence-corrected chi connectivity index (χ4v) is 1.48. The third kappa shape index (κ3) is 3.29. The van der Waals surface area contributed by atoms with Crippen LogP contribution < -0.4 is 5.32 Å². The second-order valence-corrected chi connectivity index (χ2v) is 4.36. The molecule has 0 aromatic heterocycles. The van der Waals surface area contributed by atoms with Crippen LogP contribution in [-0.4, -0.2) is 28.3 Å². The van der Waals surface area contributed by atoms with Crippen molar-refractivity contribution in [3.8, 4) is 5.75 Å². The minimum atomic E-state index is -0.627. The van der Waals surface area contributed by atoms with Crippen LogP contribution in [0.3, 0.4) is 0 Å². The topological polar surface area (TPSA) is 49.3 Å². The Kier molecular flexibility index (Phi) is 4.44. The summed E-state index contributed by atoms with van der Waals surface area (Å²) in [6.07, 6.45) is 0. The molecule has 5 heteroatoms. The molecule has 16 heavy (non-hydrogen) atoms. The number of alkyl halides is 2. The van der Waals surface area contributed by atoms with Gasteiger partial charge in [-0.1, -0.05) is 0 Å². The molecule has 3 nitrogen and oxygen atoms in total. The Balaban J connectivity index is 2.76. The zero-order chi connectivity index (χ0) is 12.2. The lowest BCUT2D eigenvalue weighted by Crippen LogP contribution is -2.49. The predicted molar refractivity (Wildman–Crippen MR) is 65.4 cm³/mol. The van der Waals surface area contributed by atoms with Crippen LogP contribution in [0.25, 0.3) is 0 Å². The van der Waals surface area contributed by atoms with E-state index in [2.05, 4.69) is 5.32 Å². The molecule has 0 unspecified atom stereocenters. The van der Waals surface area contributed by atoms with Crippen LogP contribution in [0.5, 0.6) is 5.75 Å². The first-order valence-corrected chi connectivity index (χ1v) is 5.81. The molecule has 0 aliphatic carbocycles. The molecule has 0 heterocycles. The zero-order valence-corrected chi connectivity index (χ0v) is 10.3. The van der Waals surface area contributed by atoms with E-state index in [1.165, 1.54) is 24.3 Å². The quantitative estimate of drug-likeness (QED) is 0.818. The normalized spacial score (nSPS) is 11.2. The molecule has 0 fully saturated rings. The number of halogens is 2. The average Bonchev–Trinajstić information content (AvgIpc) is 2.29. The first kappa shape index (κ1) is 13.1. The molecular formula is C11H13Cl2NO2. The largest absolute Gasteiger partial charge is 0.508 e. The summed E-state index contributed by atoms with van der Waals surface area (Å²) >= 11 is 11.5. The maximum absolute atomic E-state index is 11.8. The lowest BCUT2D eigenvalue weighted by Gasteiger charge is -2.25. The molecule has 2 N–H and O–H groups in total. The van der Waals surface area contributed by atoms with Gasteiger partial charge < -0.3 is 10.4 Å². The van der Waals surface area contributed by atoms with Gasteiger partial charge in [0.25, 0.3) is 5.91 Å². The number of carbonyl (C=O) groups is 1. The van der Waals surface area contributed by atoms with Gasteiger partial charge in [-0.2, -0.15) is 0 Å². The maximum atomic E-state index is 11.8. The highest BCUT2D eigenvalue weighted by molar-refractivity contribution is 6.22. The highest BCUT2D eigenvalue weighted by Crippen LogP contribution is 2.13. The Bertz CT molecular complexity index is 361. The molecule has 88 valence electrons. The summed E-state index contributed by atoms with van der Waals surface area (Å²) in [6, 6.07) is 5.97. The predicted octanol–water partition coefficient (Wildman–Crippen LogP) is 2.36. The van der Waals surface area contributed by atoms with Gasteiger partial charge in [-0.15, -0.1) is 23.2 Å². The monoisotopic (exact) mass is 261 g/mol. The van der Waals surface area contributed by atoms with Crippen molar-refractivity contribution in [2.24, 2.45) is 0 Å². The van der Waals surface area contributed by atoms with Crippen LogP contribution >= 0.6 is 23.2 Å². The van der Waals surface area contributed by atoms with Crippen LogP contribution in [0.2, 0.25) is 0 Å². The fraction of sp³-hybridized carbons (Fsp3) is 0.364. The van der Waals surface area contributed by atoms with Gasteiger partial charge in [-0.25, -0.2) is 0 Å². The van der Waals surface area contributed by atoms with Crippen molar-refractivity contribution in [3.05, 3.63) is 29.8 Å². The number of carbonyl (C=O) groups excluding carboxylic acids is 1. The number of nitrogens with one attached hydrogen (secondary N) is 1. The highest BCUT2D eigenvalue weighted by atomic mass is 35.5. The summed E-state index contributed by atoms with van der Waals surface area (Å²) < 4.78 is 0. The van der Waals surface area contributed by atoms with Crippen molar-refractivity contribution in [1.29, 1.82) is 0 Å². The van der Waals surface area contributed by atoms with E-state index in [9.17, 15) is 4.79 Å². The number of hydrogen-bond donors (Lipinski definition) is 2. The van der Waals surface area contributed by atoms with Crippen LogP contribution in [0.1, 0.15) is 17.3 Å². The summed E-state index contributed by atoms with van der Waals surface area (Å²) in [5.41, 5.74) is -0.169. The van der Waals surface area contributed by atoms with Gasteiger partial charge in [-0.05, 0) is 31.2 Å². The van der Waals surface area contributed by atoms with Crippen LogP contribution in [-0.2, 0) is 0 Å². The number of benzene rings is 1. The van der Waals surface area contributed by atoms with E-state index in [1.807, 2.05) is 0 Å². The number of hydrogen-bond acceptors (Lipinski definition) is 2. The van der Waals surface area contributed by atoms with E-state index >= 15 is 0 Å². The minimum Gasteiger partial charge on any atom is -0.508 e. The Morgan fingerprint density at radius 1 is 1.31 bits per heavy atom. The van der Waals surface area contributed by atoms with Crippen LogP contribution in [0.15, 0.2) is 24.3 Å². The maximum Gasteiger partial charge on any atom is 0.251 e. The second-order valence-electron chi connectivity index (χ2n) is 3.83. The van der Waals surface area contributed by atoms with Gasteiger partial charge in [0.1, 0.15) is 5.75 Å². The van der Waals surface area contributed by atoms with Crippen molar-refractivity contribution in [1.82, 2.24) is 5.32 Å². The van der Waals surface area contributed by atoms with Crippen LogP contribution in [0.4, 0.5) is 0 Å². The van der Waals surface area contributed by atoms with Crippen molar-refractivity contribution in [3.63, 3.8) is 0 Å². The summed E-state index contributed by atoms with van der Waals surface area (Å²) in [5, 5.41) is 11.8. The molecule has 0 atom stereocenters. The van der Waals surface area contributed by atoms with Gasteiger partial charge in [0.15, 0.2) is 0 Å². The Morgan fingerprint density at radius 2 is 1.81 bits per heavy atom. The standard InChI is InChI=1S/C11H13Cl2NO2/c1-11(6-12,7-13)14-10(16)8-2-4-9(15)5-3-8/h2-5,15H,6-7H2,1H3,(H,14,16). The summed E-state index contributed by atoms with van der Waals surface area (Å²) in [7, 11) is 0.